The molecule has 0 aromatic heterocycles. The number of dihydropyridines is 1. The van der Waals surface area contributed by atoms with Crippen molar-refractivity contribution < 1.29 is 28.7 Å². The first kappa shape index (κ1) is 24.0. The molecule has 35 heavy (non-hydrogen) atoms. The lowest BCUT2D eigenvalue weighted by atomic mass is 9.71. The third-order valence-electron chi connectivity index (χ3n) is 6.55. The van der Waals surface area contributed by atoms with Crippen molar-refractivity contribution in [3.63, 3.8) is 0 Å². The van der Waals surface area contributed by atoms with Gasteiger partial charge in [0, 0.05) is 41.4 Å². The summed E-state index contributed by atoms with van der Waals surface area (Å²) < 4.78 is 15.8. The standard InChI is InChI=1S/C26H26N2O7/c1-14-23(26(30)35-4)24(15-5-8-18(9-6-15)28(31)32)25-19(27-14)11-17(12-20(25)29)16-7-10-21(33-2)22(13-16)34-3/h5-10,13,17,24,27H,11-12H2,1-4H3/t17-,24+/m0/s1. The molecule has 0 bridgehead atoms. The molecule has 4 rings (SSSR count). The fourth-order valence-corrected chi connectivity index (χ4v) is 4.88. The fourth-order valence-electron chi connectivity index (χ4n) is 4.88. The summed E-state index contributed by atoms with van der Waals surface area (Å²) in [7, 11) is 4.42. The normalized spacial score (nSPS) is 19.6. The average Bonchev–Trinajstić information content (AvgIpc) is 2.86. The molecule has 0 saturated carbocycles. The predicted molar refractivity (Wildman–Crippen MR) is 127 cm³/mol. The lowest BCUT2D eigenvalue weighted by Crippen LogP contribution is -2.36. The van der Waals surface area contributed by atoms with Gasteiger partial charge >= 0.3 is 5.97 Å². The summed E-state index contributed by atoms with van der Waals surface area (Å²) in [5.74, 6) is -0.247. The summed E-state index contributed by atoms with van der Waals surface area (Å²) in [6, 6.07) is 11.5. The van der Waals surface area contributed by atoms with Crippen LogP contribution in [-0.4, -0.2) is 38.0 Å². The van der Waals surface area contributed by atoms with Crippen LogP contribution in [-0.2, 0) is 14.3 Å². The number of nitro benzene ring substituents is 1. The number of non-ortho nitro benzene ring substituents is 1. The number of Topliss-reactive ketones (excluding diaryl/α,β-unsaturated/α-hetero) is 1. The van der Waals surface area contributed by atoms with Crippen LogP contribution in [0.4, 0.5) is 5.69 Å². The molecule has 0 radical (unpaired) electrons. The van der Waals surface area contributed by atoms with Gasteiger partial charge in [0.15, 0.2) is 17.3 Å². The van der Waals surface area contributed by atoms with Crippen LogP contribution < -0.4 is 14.8 Å². The summed E-state index contributed by atoms with van der Waals surface area (Å²) in [5.41, 5.74) is 3.61. The molecule has 0 spiro atoms. The van der Waals surface area contributed by atoms with E-state index in [1.54, 1.807) is 33.3 Å². The number of carbonyl (C=O) groups is 2. The Morgan fingerprint density at radius 2 is 1.66 bits per heavy atom. The van der Waals surface area contributed by atoms with Crippen LogP contribution in [0.25, 0.3) is 0 Å². The first-order chi connectivity index (χ1) is 16.8. The summed E-state index contributed by atoms with van der Waals surface area (Å²) >= 11 is 0. The van der Waals surface area contributed by atoms with Gasteiger partial charge in [0.05, 0.1) is 31.8 Å². The number of esters is 1. The number of carbonyl (C=O) groups excluding carboxylic acids is 2. The first-order valence-electron chi connectivity index (χ1n) is 11.1. The molecule has 1 N–H and O–H groups in total. The number of ether oxygens (including phenoxy) is 3. The van der Waals surface area contributed by atoms with Crippen LogP contribution >= 0.6 is 0 Å². The van der Waals surface area contributed by atoms with Gasteiger partial charge in [0.2, 0.25) is 0 Å². The zero-order valence-corrected chi connectivity index (χ0v) is 19.9. The molecule has 2 aromatic rings. The first-order valence-corrected chi connectivity index (χ1v) is 11.1. The topological polar surface area (TPSA) is 117 Å². The van der Waals surface area contributed by atoms with Crippen LogP contribution in [0, 0.1) is 10.1 Å². The largest absolute Gasteiger partial charge is 0.493 e. The molecule has 182 valence electrons. The Hall–Kier alpha value is -4.14. The zero-order chi connectivity index (χ0) is 25.3. The third kappa shape index (κ3) is 4.37. The number of benzene rings is 2. The van der Waals surface area contributed by atoms with Gasteiger partial charge in [-0.05, 0) is 42.5 Å². The van der Waals surface area contributed by atoms with Gasteiger partial charge in [-0.1, -0.05) is 18.2 Å². The number of hydrogen-bond donors (Lipinski definition) is 1. The summed E-state index contributed by atoms with van der Waals surface area (Å²) in [6.45, 7) is 1.76. The number of nitrogens with zero attached hydrogens (tertiary/aromatic N) is 1. The predicted octanol–water partition coefficient (Wildman–Crippen LogP) is 4.15. The Bertz CT molecular complexity index is 1260. The minimum absolute atomic E-state index is 0.0688. The Kier molecular flexibility index (Phi) is 6.59. The summed E-state index contributed by atoms with van der Waals surface area (Å²) in [5, 5.41) is 14.4. The number of nitro groups is 1. The van der Waals surface area contributed by atoms with Crippen LogP contribution in [0.1, 0.15) is 42.7 Å². The van der Waals surface area contributed by atoms with E-state index in [0.29, 0.717) is 40.3 Å². The monoisotopic (exact) mass is 478 g/mol. The molecule has 0 saturated heterocycles. The second-order valence-electron chi connectivity index (χ2n) is 8.47. The second-order valence-corrected chi connectivity index (χ2v) is 8.47. The Morgan fingerprint density at radius 3 is 2.26 bits per heavy atom. The van der Waals surface area contributed by atoms with E-state index in [2.05, 4.69) is 5.32 Å². The maximum Gasteiger partial charge on any atom is 0.336 e. The van der Waals surface area contributed by atoms with Gasteiger partial charge in [-0.25, -0.2) is 4.79 Å². The fraction of sp³-hybridized carbons (Fsp3) is 0.308. The minimum Gasteiger partial charge on any atom is -0.493 e. The smallest absolute Gasteiger partial charge is 0.336 e. The highest BCUT2D eigenvalue weighted by molar-refractivity contribution is 6.04. The maximum atomic E-state index is 13.6. The third-order valence-corrected chi connectivity index (χ3v) is 6.55. The average molecular weight is 479 g/mol. The van der Waals surface area contributed by atoms with Crippen molar-refractivity contribution in [3.05, 3.63) is 86.2 Å². The molecule has 2 aromatic carbocycles. The molecular formula is C26H26N2O7. The van der Waals surface area contributed by atoms with Crippen molar-refractivity contribution in [2.75, 3.05) is 21.3 Å². The van der Waals surface area contributed by atoms with E-state index >= 15 is 0 Å². The van der Waals surface area contributed by atoms with E-state index in [0.717, 1.165) is 11.3 Å². The van der Waals surface area contributed by atoms with Crippen LogP contribution in [0.5, 0.6) is 11.5 Å². The molecule has 9 heteroatoms. The van der Waals surface area contributed by atoms with Gasteiger partial charge in [-0.15, -0.1) is 0 Å². The Balaban J connectivity index is 1.77. The van der Waals surface area contributed by atoms with Crippen LogP contribution in [0.2, 0.25) is 0 Å². The van der Waals surface area contributed by atoms with E-state index in [9.17, 15) is 19.7 Å². The van der Waals surface area contributed by atoms with Crippen molar-refractivity contribution >= 4 is 17.4 Å². The molecule has 0 fully saturated rings. The number of rotatable bonds is 6. The van der Waals surface area contributed by atoms with Crippen LogP contribution in [0.3, 0.4) is 0 Å². The quantitative estimate of drug-likeness (QED) is 0.374. The van der Waals surface area contributed by atoms with E-state index in [1.165, 1.54) is 19.2 Å². The minimum atomic E-state index is -0.682. The van der Waals surface area contributed by atoms with Crippen molar-refractivity contribution in [1.82, 2.24) is 5.32 Å². The highest BCUT2D eigenvalue weighted by Gasteiger charge is 2.41. The molecule has 1 aliphatic heterocycles. The van der Waals surface area contributed by atoms with E-state index in [-0.39, 0.29) is 23.8 Å². The van der Waals surface area contributed by atoms with Gasteiger partial charge in [-0.3, -0.25) is 14.9 Å². The van der Waals surface area contributed by atoms with Gasteiger partial charge < -0.3 is 19.5 Å². The van der Waals surface area contributed by atoms with Gasteiger partial charge in [-0.2, -0.15) is 0 Å². The van der Waals surface area contributed by atoms with Crippen LogP contribution in [0.15, 0.2) is 65.0 Å². The SMILES string of the molecule is COC(=O)C1=C(C)NC2=C(C(=O)C[C@@H](c3ccc(OC)c(OC)c3)C2)[C@@H]1c1ccc([N+](=O)[O-])cc1. The maximum absolute atomic E-state index is 13.6. The highest BCUT2D eigenvalue weighted by atomic mass is 16.6. The molecule has 0 amide bonds. The van der Waals surface area contributed by atoms with Crippen molar-refractivity contribution in [1.29, 1.82) is 0 Å². The molecule has 2 aliphatic rings. The summed E-state index contributed by atoms with van der Waals surface area (Å²) in [4.78, 5) is 37.0. The van der Waals surface area contributed by atoms with Gasteiger partial charge in [0.25, 0.3) is 5.69 Å². The number of methoxy groups -OCH3 is 3. The second kappa shape index (κ2) is 9.61. The number of ketones is 1. The Labute approximate surface area is 202 Å². The lowest BCUT2D eigenvalue weighted by Gasteiger charge is -2.36. The zero-order valence-electron chi connectivity index (χ0n) is 19.9. The van der Waals surface area contributed by atoms with E-state index in [1.807, 2.05) is 18.2 Å². The molecular weight excluding hydrogens is 452 g/mol. The number of hydrogen-bond acceptors (Lipinski definition) is 8. The van der Waals surface area contributed by atoms with Gasteiger partial charge in [0.1, 0.15) is 0 Å². The number of allylic oxidation sites excluding steroid dienone is 3. The highest BCUT2D eigenvalue weighted by Crippen LogP contribution is 2.46. The van der Waals surface area contributed by atoms with Crippen molar-refractivity contribution in [2.24, 2.45) is 0 Å². The molecule has 1 aliphatic carbocycles. The summed E-state index contributed by atoms with van der Waals surface area (Å²) in [6.07, 6.45) is 0.790. The number of nitrogens with one attached hydrogen (secondary N) is 1. The molecule has 1 heterocycles. The van der Waals surface area contributed by atoms with Crippen molar-refractivity contribution in [2.45, 2.75) is 31.6 Å². The molecule has 0 unspecified atom stereocenters. The Morgan fingerprint density at radius 1 is 1.00 bits per heavy atom. The molecule has 2 atom stereocenters. The van der Waals surface area contributed by atoms with E-state index < -0.39 is 16.8 Å². The lowest BCUT2D eigenvalue weighted by molar-refractivity contribution is -0.384. The van der Waals surface area contributed by atoms with Crippen molar-refractivity contribution in [3.8, 4) is 11.5 Å². The molecule has 9 nitrogen and oxygen atoms in total. The van der Waals surface area contributed by atoms with E-state index in [4.69, 9.17) is 14.2 Å².